The number of benzene rings is 2. The zero-order chi connectivity index (χ0) is 26.5. The molecule has 0 bridgehead atoms. The van der Waals surface area contributed by atoms with E-state index in [2.05, 4.69) is 38.3 Å². The van der Waals surface area contributed by atoms with Gasteiger partial charge in [0.25, 0.3) is 0 Å². The number of anilines is 2. The number of para-hydroxylation sites is 1. The quantitative estimate of drug-likeness (QED) is 0.386. The molecule has 0 saturated carbocycles. The van der Waals surface area contributed by atoms with Gasteiger partial charge in [-0.3, -0.25) is 4.79 Å². The van der Waals surface area contributed by atoms with E-state index in [1.807, 2.05) is 69.3 Å². The van der Waals surface area contributed by atoms with Gasteiger partial charge in [-0.2, -0.15) is 5.10 Å². The van der Waals surface area contributed by atoms with Crippen LogP contribution in [-0.2, 0) is 10.2 Å². The van der Waals surface area contributed by atoms with E-state index in [0.717, 1.165) is 46.6 Å². The van der Waals surface area contributed by atoms with Crippen LogP contribution in [0, 0.1) is 20.8 Å². The van der Waals surface area contributed by atoms with Crippen LogP contribution in [0.5, 0.6) is 0 Å². The molecule has 0 aliphatic rings. The average Bonchev–Trinajstić information content (AvgIpc) is 3.23. The number of aromatic nitrogens is 2. The van der Waals surface area contributed by atoms with E-state index in [4.69, 9.17) is 5.10 Å². The Bertz CT molecular complexity index is 1200. The van der Waals surface area contributed by atoms with Crippen LogP contribution in [0.1, 0.15) is 62.9 Å². The summed E-state index contributed by atoms with van der Waals surface area (Å²) in [6.45, 7) is 14.7. The second-order valence-corrected chi connectivity index (χ2v) is 10.4. The van der Waals surface area contributed by atoms with Crippen LogP contribution < -0.4 is 10.6 Å². The molecule has 3 amide bonds. The number of rotatable bonds is 8. The fourth-order valence-electron chi connectivity index (χ4n) is 3.95. The van der Waals surface area contributed by atoms with Crippen LogP contribution >= 0.6 is 0 Å². The Morgan fingerprint density at radius 2 is 1.64 bits per heavy atom. The van der Waals surface area contributed by atoms with Gasteiger partial charge in [0, 0.05) is 23.7 Å². The molecule has 0 radical (unpaired) electrons. The number of nitrogens with one attached hydrogen (secondary N) is 2. The summed E-state index contributed by atoms with van der Waals surface area (Å²) >= 11 is 0. The maximum absolute atomic E-state index is 13.2. The molecule has 7 heteroatoms. The summed E-state index contributed by atoms with van der Waals surface area (Å²) in [5.41, 5.74) is 5.42. The Morgan fingerprint density at radius 3 is 2.25 bits per heavy atom. The molecule has 0 fully saturated rings. The first-order chi connectivity index (χ1) is 17.0. The Labute approximate surface area is 214 Å². The molecule has 2 aromatic carbocycles. The van der Waals surface area contributed by atoms with Gasteiger partial charge in [-0.1, -0.05) is 64.4 Å². The summed E-state index contributed by atoms with van der Waals surface area (Å²) in [7, 11) is 0. The van der Waals surface area contributed by atoms with E-state index in [1.54, 1.807) is 9.58 Å². The van der Waals surface area contributed by atoms with Crippen LogP contribution in [0.2, 0.25) is 0 Å². The second-order valence-electron chi connectivity index (χ2n) is 10.4. The van der Waals surface area contributed by atoms with Crippen molar-refractivity contribution in [1.29, 1.82) is 0 Å². The van der Waals surface area contributed by atoms with Gasteiger partial charge in [0.15, 0.2) is 0 Å². The van der Waals surface area contributed by atoms with Crippen molar-refractivity contribution in [3.05, 3.63) is 70.9 Å². The third-order valence-electron chi connectivity index (χ3n) is 6.11. The van der Waals surface area contributed by atoms with E-state index in [1.165, 1.54) is 0 Å². The first kappa shape index (κ1) is 27.0. The standard InChI is InChI=1S/C29H39N5O2/c1-8-9-16-33(28(36)31-27-21(3)13-11-14-22(27)4)19-26(35)30-25-18-24(29(5,6)7)32-34(25)23-15-10-12-20(2)17-23/h10-15,17-18H,8-9,16,19H2,1-7H3,(H,30,35)(H,31,36). The number of carbonyl (C=O) groups is 2. The monoisotopic (exact) mass is 489 g/mol. The number of unbranched alkanes of at least 4 members (excludes halogenated alkanes) is 1. The maximum atomic E-state index is 13.2. The maximum Gasteiger partial charge on any atom is 0.322 e. The first-order valence-corrected chi connectivity index (χ1v) is 12.6. The number of carbonyl (C=O) groups excluding carboxylic acids is 2. The van der Waals surface area contributed by atoms with Crippen molar-refractivity contribution in [3.8, 4) is 5.69 Å². The molecule has 1 aromatic heterocycles. The van der Waals surface area contributed by atoms with E-state index in [9.17, 15) is 9.59 Å². The molecule has 7 nitrogen and oxygen atoms in total. The van der Waals surface area contributed by atoms with Crippen LogP contribution in [0.25, 0.3) is 5.69 Å². The van der Waals surface area contributed by atoms with Crippen LogP contribution in [0.3, 0.4) is 0 Å². The fraction of sp³-hybridized carbons (Fsp3) is 0.414. The van der Waals surface area contributed by atoms with Gasteiger partial charge in [-0.05, 0) is 56.0 Å². The number of aryl methyl sites for hydroxylation is 3. The average molecular weight is 490 g/mol. The highest BCUT2D eigenvalue weighted by Gasteiger charge is 2.23. The minimum atomic E-state index is -0.279. The predicted octanol–water partition coefficient (Wildman–Crippen LogP) is 6.37. The summed E-state index contributed by atoms with van der Waals surface area (Å²) in [6, 6.07) is 15.5. The van der Waals surface area contributed by atoms with Gasteiger partial charge < -0.3 is 15.5 Å². The molecule has 192 valence electrons. The fourth-order valence-corrected chi connectivity index (χ4v) is 3.95. The first-order valence-electron chi connectivity index (χ1n) is 12.6. The normalized spacial score (nSPS) is 11.3. The van der Waals surface area contributed by atoms with Gasteiger partial charge in [-0.25, -0.2) is 9.48 Å². The van der Waals surface area contributed by atoms with Crippen molar-refractivity contribution in [1.82, 2.24) is 14.7 Å². The van der Waals surface area contributed by atoms with Crippen molar-refractivity contribution in [3.63, 3.8) is 0 Å². The van der Waals surface area contributed by atoms with Gasteiger partial charge in [0.1, 0.15) is 12.4 Å². The molecule has 0 saturated heterocycles. The van der Waals surface area contributed by atoms with Crippen molar-refractivity contribution >= 4 is 23.4 Å². The summed E-state index contributed by atoms with van der Waals surface area (Å²) < 4.78 is 1.76. The lowest BCUT2D eigenvalue weighted by atomic mass is 9.92. The van der Waals surface area contributed by atoms with Crippen LogP contribution in [0.4, 0.5) is 16.3 Å². The summed E-state index contributed by atoms with van der Waals surface area (Å²) in [5, 5.41) is 10.8. The van der Waals surface area contributed by atoms with Crippen LogP contribution in [-0.4, -0.2) is 39.7 Å². The van der Waals surface area contributed by atoms with Crippen molar-refractivity contribution in [2.45, 2.75) is 66.7 Å². The molecule has 36 heavy (non-hydrogen) atoms. The number of urea groups is 1. The highest BCUT2D eigenvalue weighted by atomic mass is 16.2. The molecule has 2 N–H and O–H groups in total. The van der Waals surface area contributed by atoms with Crippen LogP contribution in [0.15, 0.2) is 48.5 Å². The van der Waals surface area contributed by atoms with E-state index in [-0.39, 0.29) is 23.9 Å². The third kappa shape index (κ3) is 6.74. The van der Waals surface area contributed by atoms with Crippen molar-refractivity contribution < 1.29 is 9.59 Å². The molecule has 3 rings (SSSR count). The molecular formula is C29H39N5O2. The molecule has 1 heterocycles. The Balaban J connectivity index is 1.83. The van der Waals surface area contributed by atoms with Gasteiger partial charge in [0.2, 0.25) is 5.91 Å². The molecule has 0 unspecified atom stereocenters. The smallest absolute Gasteiger partial charge is 0.315 e. The predicted molar refractivity (Wildman–Crippen MR) is 147 cm³/mol. The SMILES string of the molecule is CCCCN(CC(=O)Nc1cc(C(C)(C)C)nn1-c1cccc(C)c1)C(=O)Nc1c(C)cccc1C. The largest absolute Gasteiger partial charge is 0.322 e. The number of hydrogen-bond acceptors (Lipinski definition) is 3. The zero-order valence-electron chi connectivity index (χ0n) is 22.6. The Morgan fingerprint density at radius 1 is 0.972 bits per heavy atom. The molecule has 0 aliphatic carbocycles. The highest BCUT2D eigenvalue weighted by Crippen LogP contribution is 2.27. The van der Waals surface area contributed by atoms with E-state index < -0.39 is 0 Å². The molecule has 3 aromatic rings. The molecule has 0 aliphatic heterocycles. The molecule has 0 atom stereocenters. The summed E-state index contributed by atoms with van der Waals surface area (Å²) in [4.78, 5) is 28.0. The van der Waals surface area contributed by atoms with Gasteiger partial charge in [-0.15, -0.1) is 0 Å². The lowest BCUT2D eigenvalue weighted by Crippen LogP contribution is -2.41. The lowest BCUT2D eigenvalue weighted by Gasteiger charge is -2.23. The van der Waals surface area contributed by atoms with E-state index >= 15 is 0 Å². The van der Waals surface area contributed by atoms with Crippen molar-refractivity contribution in [2.75, 3.05) is 23.7 Å². The topological polar surface area (TPSA) is 79.3 Å². The van der Waals surface area contributed by atoms with E-state index in [0.29, 0.717) is 12.4 Å². The minimum absolute atomic E-state index is 0.0549. The number of hydrogen-bond donors (Lipinski definition) is 2. The van der Waals surface area contributed by atoms with Gasteiger partial charge >= 0.3 is 6.03 Å². The Kier molecular flexibility index (Phi) is 8.56. The molecular weight excluding hydrogens is 450 g/mol. The number of nitrogens with zero attached hydrogens (tertiary/aromatic N) is 3. The van der Waals surface area contributed by atoms with Crippen molar-refractivity contribution in [2.24, 2.45) is 0 Å². The lowest BCUT2D eigenvalue weighted by molar-refractivity contribution is -0.116. The highest BCUT2D eigenvalue weighted by molar-refractivity contribution is 5.97. The number of amides is 3. The summed E-state index contributed by atoms with van der Waals surface area (Å²) in [6.07, 6.45) is 1.73. The minimum Gasteiger partial charge on any atom is -0.315 e. The zero-order valence-corrected chi connectivity index (χ0v) is 22.6. The Hall–Kier alpha value is -3.61. The third-order valence-corrected chi connectivity index (χ3v) is 6.11. The summed E-state index contributed by atoms with van der Waals surface area (Å²) in [5.74, 6) is 0.318. The second kappa shape index (κ2) is 11.4. The molecule has 0 spiro atoms. The van der Waals surface area contributed by atoms with Gasteiger partial charge in [0.05, 0.1) is 11.4 Å².